The van der Waals surface area contributed by atoms with Crippen LogP contribution < -0.4 is 15.5 Å². The zero-order valence-electron chi connectivity index (χ0n) is 17.7. The minimum absolute atomic E-state index is 0.0934. The number of benzene rings is 2. The van der Waals surface area contributed by atoms with Crippen LogP contribution in [0.4, 0.5) is 10.1 Å². The van der Waals surface area contributed by atoms with Crippen LogP contribution in [-0.4, -0.2) is 46.5 Å². The minimum Gasteiger partial charge on any atom is -0.372 e. The number of halogens is 2. The van der Waals surface area contributed by atoms with Gasteiger partial charge in [-0.15, -0.1) is 0 Å². The maximum absolute atomic E-state index is 13.5. The Morgan fingerprint density at radius 3 is 2.73 bits per heavy atom. The molecule has 1 aromatic heterocycles. The summed E-state index contributed by atoms with van der Waals surface area (Å²) >= 11 is 5.82. The molecule has 1 fully saturated rings. The molecule has 1 aliphatic heterocycles. The van der Waals surface area contributed by atoms with Gasteiger partial charge in [0.1, 0.15) is 11.5 Å². The van der Waals surface area contributed by atoms with E-state index in [0.717, 1.165) is 6.07 Å². The zero-order chi connectivity index (χ0) is 23.8. The van der Waals surface area contributed by atoms with Crippen molar-refractivity contribution in [2.75, 3.05) is 18.0 Å². The average molecular weight is 473 g/mol. The van der Waals surface area contributed by atoms with Gasteiger partial charge in [-0.3, -0.25) is 14.4 Å². The largest absolute Gasteiger partial charge is 0.372 e. The van der Waals surface area contributed by atoms with Gasteiger partial charge < -0.3 is 25.6 Å². The third-order valence-corrected chi connectivity index (χ3v) is 5.76. The second kappa shape index (κ2) is 8.84. The standard InChI is InChI=1S/C23H22ClFN4O4/c1-2-26-20(30)19-10-14-9-17(3-4-18(14)28-19)29-6-5-23(33,22(29)32)21(31)27-12-13-7-15(24)11-16(25)8-13/h3-4,7-11,28,33H,2,5-6,12H2,1H3,(H,26,30)(H,27,31)/t23-/m1/s1. The van der Waals surface area contributed by atoms with Crippen LogP contribution >= 0.6 is 11.6 Å². The molecule has 172 valence electrons. The summed E-state index contributed by atoms with van der Waals surface area (Å²) in [6, 6.07) is 10.6. The van der Waals surface area contributed by atoms with E-state index in [9.17, 15) is 23.9 Å². The average Bonchev–Trinajstić information content (AvgIpc) is 3.33. The fourth-order valence-corrected chi connectivity index (χ4v) is 4.11. The Balaban J connectivity index is 1.49. The van der Waals surface area contributed by atoms with Crippen LogP contribution in [0.15, 0.2) is 42.5 Å². The van der Waals surface area contributed by atoms with Crippen molar-refractivity contribution < 1.29 is 23.9 Å². The van der Waals surface area contributed by atoms with Crippen molar-refractivity contribution >= 4 is 45.9 Å². The lowest BCUT2D eigenvalue weighted by atomic mass is 10.0. The number of hydrogen-bond donors (Lipinski definition) is 4. The number of nitrogens with one attached hydrogen (secondary N) is 3. The predicted octanol–water partition coefficient (Wildman–Crippen LogP) is 2.49. The van der Waals surface area contributed by atoms with Gasteiger partial charge >= 0.3 is 0 Å². The summed E-state index contributed by atoms with van der Waals surface area (Å²) in [5.41, 5.74) is -0.232. The number of aliphatic hydroxyl groups is 1. The Kier molecular flexibility index (Phi) is 6.09. The van der Waals surface area contributed by atoms with Gasteiger partial charge in [0, 0.05) is 47.7 Å². The predicted molar refractivity (Wildman–Crippen MR) is 121 cm³/mol. The van der Waals surface area contributed by atoms with E-state index in [-0.39, 0.29) is 30.4 Å². The smallest absolute Gasteiger partial charge is 0.268 e. The molecule has 1 aliphatic rings. The van der Waals surface area contributed by atoms with E-state index in [1.807, 2.05) is 6.92 Å². The Morgan fingerprint density at radius 2 is 2.00 bits per heavy atom. The second-order valence-corrected chi connectivity index (χ2v) is 8.28. The van der Waals surface area contributed by atoms with Crippen molar-refractivity contribution in [3.8, 4) is 0 Å². The van der Waals surface area contributed by atoms with Crippen LogP contribution in [0, 0.1) is 5.82 Å². The Hall–Kier alpha value is -3.43. The number of H-pyrrole nitrogens is 1. The molecule has 2 aromatic carbocycles. The molecule has 2 heterocycles. The highest BCUT2D eigenvalue weighted by atomic mass is 35.5. The van der Waals surface area contributed by atoms with Gasteiger partial charge in [-0.1, -0.05) is 11.6 Å². The number of amides is 3. The highest BCUT2D eigenvalue weighted by molar-refractivity contribution is 6.30. The zero-order valence-corrected chi connectivity index (χ0v) is 18.5. The molecule has 0 spiro atoms. The van der Waals surface area contributed by atoms with Gasteiger partial charge in [0.15, 0.2) is 0 Å². The Labute approximate surface area is 193 Å². The van der Waals surface area contributed by atoms with E-state index >= 15 is 0 Å². The normalized spacial score (nSPS) is 18.1. The summed E-state index contributed by atoms with van der Waals surface area (Å²) in [6.07, 6.45) is -0.100. The molecule has 33 heavy (non-hydrogen) atoms. The molecule has 0 saturated carbocycles. The number of carbonyl (C=O) groups is 3. The van der Waals surface area contributed by atoms with Gasteiger partial charge in [0.05, 0.1) is 0 Å². The van der Waals surface area contributed by atoms with Gasteiger partial charge in [-0.2, -0.15) is 0 Å². The van der Waals surface area contributed by atoms with E-state index < -0.39 is 23.2 Å². The third kappa shape index (κ3) is 4.42. The summed E-state index contributed by atoms with van der Waals surface area (Å²) in [5, 5.41) is 16.9. The molecular formula is C23H22ClFN4O4. The number of carbonyl (C=O) groups excluding carboxylic acids is 3. The van der Waals surface area contributed by atoms with E-state index in [2.05, 4.69) is 15.6 Å². The lowest BCUT2D eigenvalue weighted by molar-refractivity contribution is -0.149. The highest BCUT2D eigenvalue weighted by Crippen LogP contribution is 2.31. The molecule has 4 rings (SSSR count). The summed E-state index contributed by atoms with van der Waals surface area (Å²) in [7, 11) is 0. The van der Waals surface area contributed by atoms with Crippen molar-refractivity contribution in [2.45, 2.75) is 25.5 Å². The molecular weight excluding hydrogens is 451 g/mol. The molecule has 0 bridgehead atoms. The molecule has 0 unspecified atom stereocenters. The molecule has 3 aromatic rings. The van der Waals surface area contributed by atoms with Crippen molar-refractivity contribution in [1.29, 1.82) is 0 Å². The SMILES string of the molecule is CCNC(=O)c1cc2cc(N3CC[C@@](O)(C(=O)NCc4cc(F)cc(Cl)c4)C3=O)ccc2[nH]1. The first-order chi connectivity index (χ1) is 15.7. The van der Waals surface area contributed by atoms with Gasteiger partial charge in [-0.25, -0.2) is 4.39 Å². The first-order valence-electron chi connectivity index (χ1n) is 10.4. The van der Waals surface area contributed by atoms with E-state index in [0.29, 0.717) is 34.4 Å². The van der Waals surface area contributed by atoms with Crippen LogP contribution in [0.3, 0.4) is 0 Å². The Bertz CT molecular complexity index is 1240. The molecule has 1 atom stereocenters. The van der Waals surface area contributed by atoms with E-state index in [4.69, 9.17) is 11.6 Å². The maximum atomic E-state index is 13.5. The Morgan fingerprint density at radius 1 is 1.21 bits per heavy atom. The molecule has 1 saturated heterocycles. The van der Waals surface area contributed by atoms with Crippen molar-refractivity contribution in [3.63, 3.8) is 0 Å². The maximum Gasteiger partial charge on any atom is 0.268 e. The molecule has 0 aliphatic carbocycles. The number of anilines is 1. The molecule has 8 nitrogen and oxygen atoms in total. The lowest BCUT2D eigenvalue weighted by Crippen LogP contribution is -2.52. The van der Waals surface area contributed by atoms with Gasteiger partial charge in [-0.05, 0) is 55.0 Å². The van der Waals surface area contributed by atoms with Crippen molar-refractivity contribution in [3.05, 3.63) is 64.6 Å². The quantitative estimate of drug-likeness (QED) is 0.413. The number of aromatic amines is 1. The van der Waals surface area contributed by atoms with Crippen LogP contribution in [-0.2, 0) is 16.1 Å². The minimum atomic E-state index is -2.24. The monoisotopic (exact) mass is 472 g/mol. The summed E-state index contributed by atoms with van der Waals surface area (Å²) < 4.78 is 13.5. The fraction of sp³-hybridized carbons (Fsp3) is 0.261. The van der Waals surface area contributed by atoms with E-state index in [1.165, 1.54) is 17.0 Å². The molecule has 3 amide bonds. The summed E-state index contributed by atoms with van der Waals surface area (Å²) in [6.45, 7) is 2.36. The fourth-order valence-electron chi connectivity index (χ4n) is 3.87. The molecule has 10 heteroatoms. The number of nitrogens with zero attached hydrogens (tertiary/aromatic N) is 1. The van der Waals surface area contributed by atoms with Crippen LogP contribution in [0.25, 0.3) is 10.9 Å². The van der Waals surface area contributed by atoms with E-state index in [1.54, 1.807) is 24.3 Å². The number of hydrogen-bond acceptors (Lipinski definition) is 4. The van der Waals surface area contributed by atoms with Crippen LogP contribution in [0.2, 0.25) is 5.02 Å². The molecule has 4 N–H and O–H groups in total. The second-order valence-electron chi connectivity index (χ2n) is 7.84. The number of fused-ring (bicyclic) bond motifs is 1. The van der Waals surface area contributed by atoms with Gasteiger partial charge in [0.2, 0.25) is 5.60 Å². The summed E-state index contributed by atoms with van der Waals surface area (Å²) in [5.74, 6) is -2.41. The van der Waals surface area contributed by atoms with Crippen molar-refractivity contribution in [2.24, 2.45) is 0 Å². The topological polar surface area (TPSA) is 115 Å². The highest BCUT2D eigenvalue weighted by Gasteiger charge is 2.51. The number of rotatable bonds is 6. The number of aromatic nitrogens is 1. The third-order valence-electron chi connectivity index (χ3n) is 5.55. The molecule has 0 radical (unpaired) electrons. The first-order valence-corrected chi connectivity index (χ1v) is 10.8. The first kappa shape index (κ1) is 22.8. The van der Waals surface area contributed by atoms with Crippen LogP contribution in [0.1, 0.15) is 29.4 Å². The van der Waals surface area contributed by atoms with Crippen molar-refractivity contribution in [1.82, 2.24) is 15.6 Å². The summed E-state index contributed by atoms with van der Waals surface area (Å²) in [4.78, 5) is 42.1. The van der Waals surface area contributed by atoms with Gasteiger partial charge in [0.25, 0.3) is 17.7 Å². The lowest BCUT2D eigenvalue weighted by Gasteiger charge is -2.22. The van der Waals surface area contributed by atoms with Crippen LogP contribution in [0.5, 0.6) is 0 Å².